The Hall–Kier alpha value is -1.73. The molecule has 0 saturated carbocycles. The smallest absolute Gasteiger partial charge is 0.357 e. The molecule has 2 heterocycles. The van der Waals surface area contributed by atoms with Gasteiger partial charge in [-0.15, -0.1) is 22.7 Å². The van der Waals surface area contributed by atoms with Crippen LogP contribution in [0.25, 0.3) is 0 Å². The minimum atomic E-state index is -0.476. The van der Waals surface area contributed by atoms with Crippen molar-refractivity contribution in [3.05, 3.63) is 32.5 Å². The van der Waals surface area contributed by atoms with E-state index in [-0.39, 0.29) is 11.6 Å². The highest BCUT2D eigenvalue weighted by Crippen LogP contribution is 2.24. The molecule has 2 aromatic rings. The average Bonchev–Trinajstić information content (AvgIpc) is 3.07. The number of amides is 1. The van der Waals surface area contributed by atoms with Crippen molar-refractivity contribution >= 4 is 39.7 Å². The van der Waals surface area contributed by atoms with E-state index in [0.29, 0.717) is 16.6 Å². The highest BCUT2D eigenvalue weighted by Gasteiger charge is 2.16. The fourth-order valence-electron chi connectivity index (χ4n) is 1.94. The quantitative estimate of drug-likeness (QED) is 0.811. The molecule has 22 heavy (non-hydrogen) atoms. The Morgan fingerprint density at radius 1 is 1.36 bits per heavy atom. The molecule has 0 saturated heterocycles. The molecule has 0 atom stereocenters. The average molecular weight is 338 g/mol. The zero-order valence-electron chi connectivity index (χ0n) is 12.8. The van der Waals surface area contributed by atoms with Crippen LogP contribution in [0.15, 0.2) is 11.4 Å². The molecule has 118 valence electrons. The molecular formula is C15H18N2O3S2. The first-order chi connectivity index (χ1) is 10.5. The van der Waals surface area contributed by atoms with Crippen LogP contribution >= 0.6 is 22.7 Å². The zero-order valence-corrected chi connectivity index (χ0v) is 14.4. The minimum absolute atomic E-state index is 0.194. The van der Waals surface area contributed by atoms with Gasteiger partial charge in [-0.3, -0.25) is 10.1 Å². The number of hydrogen-bond acceptors (Lipinski definition) is 6. The second kappa shape index (κ2) is 7.51. The van der Waals surface area contributed by atoms with Gasteiger partial charge >= 0.3 is 5.97 Å². The maximum Gasteiger partial charge on any atom is 0.357 e. The van der Waals surface area contributed by atoms with Crippen LogP contribution in [0.2, 0.25) is 0 Å². The van der Waals surface area contributed by atoms with Crippen LogP contribution in [0.1, 0.15) is 50.9 Å². The molecule has 5 nitrogen and oxygen atoms in total. The fourth-order valence-corrected chi connectivity index (χ4v) is 3.58. The number of thiazole rings is 1. The molecule has 0 bridgehead atoms. The summed E-state index contributed by atoms with van der Waals surface area (Å²) in [5, 5.41) is 4.71. The molecule has 0 fully saturated rings. The van der Waals surface area contributed by atoms with Crippen LogP contribution < -0.4 is 5.32 Å². The second-order valence-corrected chi connectivity index (χ2v) is 6.77. The van der Waals surface area contributed by atoms with E-state index in [1.807, 2.05) is 13.0 Å². The number of nitrogens with zero attached hydrogens (tertiary/aromatic N) is 1. The summed E-state index contributed by atoms with van der Waals surface area (Å²) in [5.41, 5.74) is 1.43. The summed E-state index contributed by atoms with van der Waals surface area (Å²) >= 11 is 2.68. The number of rotatable bonds is 6. The number of nitrogens with one attached hydrogen (secondary N) is 1. The Kier molecular flexibility index (Phi) is 5.68. The summed E-state index contributed by atoms with van der Waals surface area (Å²) in [6.07, 6.45) is 2.02. The molecule has 2 aromatic heterocycles. The van der Waals surface area contributed by atoms with Gasteiger partial charge in [0.25, 0.3) is 5.91 Å². The maximum absolute atomic E-state index is 12.2. The van der Waals surface area contributed by atoms with Crippen molar-refractivity contribution in [2.75, 3.05) is 11.9 Å². The second-order valence-electron chi connectivity index (χ2n) is 4.65. The van der Waals surface area contributed by atoms with Gasteiger partial charge in [0, 0.05) is 10.3 Å². The number of aromatic nitrogens is 1. The normalized spacial score (nSPS) is 10.5. The molecule has 0 unspecified atom stereocenters. The third-order valence-electron chi connectivity index (χ3n) is 2.97. The van der Waals surface area contributed by atoms with Crippen molar-refractivity contribution in [1.82, 2.24) is 4.98 Å². The number of esters is 1. The standard InChI is InChI=1S/C15H18N2O3S2/c1-4-6-10-7-12(22-9(10)3)13(18)17-15-16-11(8-21-15)14(19)20-5-2/h7-8H,4-6H2,1-3H3,(H,16,17,18). The molecule has 0 aliphatic rings. The van der Waals surface area contributed by atoms with E-state index in [2.05, 4.69) is 17.2 Å². The number of hydrogen-bond donors (Lipinski definition) is 1. The molecule has 0 aromatic carbocycles. The van der Waals surface area contributed by atoms with Gasteiger partial charge in [0.15, 0.2) is 10.8 Å². The largest absolute Gasteiger partial charge is 0.461 e. The lowest BCUT2D eigenvalue weighted by molar-refractivity contribution is 0.0520. The number of aryl methyl sites for hydroxylation is 2. The van der Waals surface area contributed by atoms with Crippen LogP contribution in [-0.2, 0) is 11.2 Å². The van der Waals surface area contributed by atoms with Crippen LogP contribution in [0, 0.1) is 6.92 Å². The topological polar surface area (TPSA) is 68.3 Å². The highest BCUT2D eigenvalue weighted by atomic mass is 32.1. The molecule has 0 aliphatic carbocycles. The molecule has 0 spiro atoms. The number of ether oxygens (including phenoxy) is 1. The lowest BCUT2D eigenvalue weighted by Crippen LogP contribution is -2.11. The monoisotopic (exact) mass is 338 g/mol. The van der Waals surface area contributed by atoms with Crippen molar-refractivity contribution in [1.29, 1.82) is 0 Å². The summed E-state index contributed by atoms with van der Waals surface area (Å²) in [4.78, 5) is 29.7. The predicted octanol–water partition coefficient (Wildman–Crippen LogP) is 3.89. The Morgan fingerprint density at radius 3 is 2.82 bits per heavy atom. The molecule has 0 radical (unpaired) electrons. The summed E-state index contributed by atoms with van der Waals surface area (Å²) < 4.78 is 4.87. The first-order valence-electron chi connectivity index (χ1n) is 7.08. The first-order valence-corrected chi connectivity index (χ1v) is 8.78. The summed E-state index contributed by atoms with van der Waals surface area (Å²) in [6.45, 7) is 6.17. The van der Waals surface area contributed by atoms with Crippen LogP contribution in [0.3, 0.4) is 0 Å². The third-order valence-corrected chi connectivity index (χ3v) is 4.82. The van der Waals surface area contributed by atoms with Crippen LogP contribution in [0.5, 0.6) is 0 Å². The Morgan fingerprint density at radius 2 is 2.14 bits per heavy atom. The van der Waals surface area contributed by atoms with Gasteiger partial charge in [-0.1, -0.05) is 13.3 Å². The summed E-state index contributed by atoms with van der Waals surface area (Å²) in [7, 11) is 0. The predicted molar refractivity (Wildman–Crippen MR) is 89.1 cm³/mol. The van der Waals surface area contributed by atoms with Crippen LogP contribution in [0.4, 0.5) is 5.13 Å². The van der Waals surface area contributed by atoms with E-state index in [4.69, 9.17) is 4.74 Å². The summed E-state index contributed by atoms with van der Waals surface area (Å²) in [5.74, 6) is -0.670. The van der Waals surface area contributed by atoms with E-state index < -0.39 is 5.97 Å². The highest BCUT2D eigenvalue weighted by molar-refractivity contribution is 7.15. The Bertz CT molecular complexity index is 676. The van der Waals surface area contributed by atoms with Gasteiger partial charge in [0.2, 0.25) is 0 Å². The lowest BCUT2D eigenvalue weighted by Gasteiger charge is -1.98. The van der Waals surface area contributed by atoms with Gasteiger partial charge in [0.05, 0.1) is 11.5 Å². The SMILES string of the molecule is CCCc1cc(C(=O)Nc2nc(C(=O)OCC)cs2)sc1C. The van der Waals surface area contributed by atoms with Gasteiger partial charge in [-0.05, 0) is 31.9 Å². The number of thiophene rings is 1. The van der Waals surface area contributed by atoms with E-state index in [0.717, 1.165) is 12.8 Å². The van der Waals surface area contributed by atoms with Crippen molar-refractivity contribution in [3.8, 4) is 0 Å². The minimum Gasteiger partial charge on any atom is -0.461 e. The Labute approximate surface area is 137 Å². The van der Waals surface area contributed by atoms with E-state index in [9.17, 15) is 9.59 Å². The maximum atomic E-state index is 12.2. The number of carbonyl (C=O) groups excluding carboxylic acids is 2. The van der Waals surface area contributed by atoms with Crippen molar-refractivity contribution in [3.63, 3.8) is 0 Å². The number of carbonyl (C=O) groups is 2. The van der Waals surface area contributed by atoms with Crippen molar-refractivity contribution < 1.29 is 14.3 Å². The zero-order chi connectivity index (χ0) is 16.1. The van der Waals surface area contributed by atoms with Gasteiger partial charge < -0.3 is 4.74 Å². The van der Waals surface area contributed by atoms with E-state index in [1.54, 1.807) is 12.3 Å². The Balaban J connectivity index is 2.06. The fraction of sp³-hybridized carbons (Fsp3) is 0.400. The van der Waals surface area contributed by atoms with Gasteiger partial charge in [-0.2, -0.15) is 0 Å². The van der Waals surface area contributed by atoms with E-state index in [1.165, 1.54) is 33.1 Å². The van der Waals surface area contributed by atoms with Gasteiger partial charge in [-0.25, -0.2) is 9.78 Å². The molecule has 1 N–H and O–H groups in total. The molecule has 1 amide bonds. The van der Waals surface area contributed by atoms with E-state index >= 15 is 0 Å². The van der Waals surface area contributed by atoms with Crippen molar-refractivity contribution in [2.45, 2.75) is 33.6 Å². The van der Waals surface area contributed by atoms with Crippen LogP contribution in [-0.4, -0.2) is 23.5 Å². The number of anilines is 1. The lowest BCUT2D eigenvalue weighted by atomic mass is 10.1. The van der Waals surface area contributed by atoms with Crippen molar-refractivity contribution in [2.24, 2.45) is 0 Å². The molecule has 7 heteroatoms. The first kappa shape index (κ1) is 16.6. The third kappa shape index (κ3) is 3.92. The summed E-state index contributed by atoms with van der Waals surface area (Å²) in [6, 6.07) is 1.93. The molecule has 0 aliphatic heterocycles. The molecule has 2 rings (SSSR count). The molecular weight excluding hydrogens is 320 g/mol. The van der Waals surface area contributed by atoms with Gasteiger partial charge in [0.1, 0.15) is 0 Å².